The lowest BCUT2D eigenvalue weighted by atomic mass is 10.1. The van der Waals surface area contributed by atoms with Crippen molar-refractivity contribution in [2.24, 2.45) is 0 Å². The average molecular weight is 354 g/mol. The van der Waals surface area contributed by atoms with Crippen molar-refractivity contribution in [2.45, 2.75) is 13.8 Å². The maximum atomic E-state index is 13.6. The van der Waals surface area contributed by atoms with Crippen molar-refractivity contribution in [1.82, 2.24) is 9.97 Å². The van der Waals surface area contributed by atoms with E-state index >= 15 is 0 Å². The normalized spacial score (nSPS) is 10.5. The van der Waals surface area contributed by atoms with Crippen molar-refractivity contribution in [3.8, 4) is 0 Å². The first-order chi connectivity index (χ1) is 12.5. The predicted octanol–water partition coefficient (Wildman–Crippen LogP) is 4.37. The Balaban J connectivity index is 1.76. The number of aromatic nitrogens is 2. The molecule has 5 nitrogen and oxygen atoms in total. The van der Waals surface area contributed by atoms with Gasteiger partial charge >= 0.3 is 0 Å². The number of anilines is 3. The summed E-state index contributed by atoms with van der Waals surface area (Å²) < 4.78 is 27.3. The van der Waals surface area contributed by atoms with E-state index in [9.17, 15) is 13.6 Å². The Hall–Kier alpha value is -3.35. The Morgan fingerprint density at radius 1 is 0.885 bits per heavy atom. The van der Waals surface area contributed by atoms with E-state index in [1.807, 2.05) is 32.0 Å². The minimum atomic E-state index is -0.747. The zero-order valence-corrected chi connectivity index (χ0v) is 14.2. The summed E-state index contributed by atoms with van der Waals surface area (Å²) in [4.78, 5) is 20.3. The molecule has 0 aliphatic rings. The third kappa shape index (κ3) is 3.66. The van der Waals surface area contributed by atoms with E-state index in [1.165, 1.54) is 18.5 Å². The van der Waals surface area contributed by atoms with Crippen LogP contribution in [0, 0.1) is 25.5 Å². The molecule has 0 saturated heterocycles. The first-order valence-electron chi connectivity index (χ1n) is 7.86. The van der Waals surface area contributed by atoms with Crippen LogP contribution in [-0.2, 0) is 0 Å². The van der Waals surface area contributed by atoms with Gasteiger partial charge in [0, 0.05) is 5.69 Å². The number of amides is 1. The summed E-state index contributed by atoms with van der Waals surface area (Å²) in [5.41, 5.74) is 2.34. The van der Waals surface area contributed by atoms with E-state index in [0.29, 0.717) is 0 Å². The van der Waals surface area contributed by atoms with E-state index in [-0.39, 0.29) is 17.2 Å². The molecule has 3 rings (SSSR count). The van der Waals surface area contributed by atoms with Gasteiger partial charge in [0.1, 0.15) is 28.8 Å². The van der Waals surface area contributed by atoms with Gasteiger partial charge in [-0.3, -0.25) is 4.79 Å². The minimum Gasteiger partial charge on any atom is -0.334 e. The lowest BCUT2D eigenvalue weighted by Crippen LogP contribution is -2.16. The molecule has 26 heavy (non-hydrogen) atoms. The Labute approximate surface area is 149 Å². The summed E-state index contributed by atoms with van der Waals surface area (Å²) in [6.07, 6.45) is 2.48. The SMILES string of the molecule is Cc1cccc(C)c1NC(=O)c1cnc(Nc2c(F)cccc2F)cn1. The molecule has 0 aliphatic carbocycles. The van der Waals surface area contributed by atoms with Crippen LogP contribution in [0.25, 0.3) is 0 Å². The molecular formula is C19H16F2N4O. The summed E-state index contributed by atoms with van der Waals surface area (Å²) in [6.45, 7) is 3.79. The van der Waals surface area contributed by atoms with Crippen LogP contribution in [0.3, 0.4) is 0 Å². The standard InChI is InChI=1S/C19H16F2N4O/c1-11-5-3-6-12(2)17(11)25-19(26)15-9-23-16(10-22-15)24-18-13(20)7-4-8-14(18)21/h3-10H,1-2H3,(H,23,24)(H,25,26). The number of para-hydroxylation sites is 2. The number of nitrogens with one attached hydrogen (secondary N) is 2. The van der Waals surface area contributed by atoms with E-state index < -0.39 is 17.5 Å². The molecule has 0 saturated carbocycles. The molecular weight excluding hydrogens is 338 g/mol. The number of rotatable bonds is 4. The van der Waals surface area contributed by atoms with E-state index in [0.717, 1.165) is 28.9 Å². The van der Waals surface area contributed by atoms with Gasteiger partial charge in [-0.25, -0.2) is 18.7 Å². The van der Waals surface area contributed by atoms with Gasteiger partial charge in [0.25, 0.3) is 5.91 Å². The first-order valence-corrected chi connectivity index (χ1v) is 7.86. The number of halogens is 2. The van der Waals surface area contributed by atoms with Gasteiger partial charge in [-0.2, -0.15) is 0 Å². The molecule has 2 N–H and O–H groups in total. The lowest BCUT2D eigenvalue weighted by molar-refractivity contribution is 0.102. The van der Waals surface area contributed by atoms with Crippen LogP contribution in [-0.4, -0.2) is 15.9 Å². The second-order valence-electron chi connectivity index (χ2n) is 5.73. The molecule has 1 aromatic heterocycles. The summed E-state index contributed by atoms with van der Waals surface area (Å²) in [5, 5.41) is 5.32. The van der Waals surface area contributed by atoms with Crippen molar-refractivity contribution in [2.75, 3.05) is 10.6 Å². The third-order valence-electron chi connectivity index (χ3n) is 3.82. The highest BCUT2D eigenvalue weighted by Crippen LogP contribution is 2.22. The number of aryl methyl sites for hydroxylation is 2. The highest BCUT2D eigenvalue weighted by atomic mass is 19.1. The van der Waals surface area contributed by atoms with Crippen LogP contribution in [0.15, 0.2) is 48.8 Å². The van der Waals surface area contributed by atoms with Crippen LogP contribution in [0.5, 0.6) is 0 Å². The van der Waals surface area contributed by atoms with Crippen molar-refractivity contribution >= 4 is 23.1 Å². The fraction of sp³-hybridized carbons (Fsp3) is 0.105. The molecule has 0 spiro atoms. The second kappa shape index (κ2) is 7.26. The smallest absolute Gasteiger partial charge is 0.275 e. The quantitative estimate of drug-likeness (QED) is 0.730. The molecule has 0 fully saturated rings. The molecule has 0 atom stereocenters. The highest BCUT2D eigenvalue weighted by Gasteiger charge is 2.13. The predicted molar refractivity (Wildman–Crippen MR) is 95.5 cm³/mol. The summed E-state index contributed by atoms with van der Waals surface area (Å²) in [5.74, 6) is -1.79. The molecule has 132 valence electrons. The van der Waals surface area contributed by atoms with E-state index in [1.54, 1.807) is 0 Å². The van der Waals surface area contributed by atoms with Crippen molar-refractivity contribution < 1.29 is 13.6 Å². The van der Waals surface area contributed by atoms with Gasteiger partial charge < -0.3 is 10.6 Å². The third-order valence-corrected chi connectivity index (χ3v) is 3.82. The highest BCUT2D eigenvalue weighted by molar-refractivity contribution is 6.03. The maximum Gasteiger partial charge on any atom is 0.275 e. The first kappa shape index (κ1) is 17.5. The molecule has 0 unspecified atom stereocenters. The Kier molecular flexibility index (Phi) is 4.88. The number of carbonyl (C=O) groups excluding carboxylic acids is 1. The van der Waals surface area contributed by atoms with Crippen LogP contribution >= 0.6 is 0 Å². The van der Waals surface area contributed by atoms with Crippen molar-refractivity contribution in [1.29, 1.82) is 0 Å². The average Bonchev–Trinajstić information content (AvgIpc) is 2.62. The van der Waals surface area contributed by atoms with Gasteiger partial charge in [0.15, 0.2) is 0 Å². The fourth-order valence-corrected chi connectivity index (χ4v) is 2.44. The van der Waals surface area contributed by atoms with Crippen molar-refractivity contribution in [3.05, 3.63) is 77.2 Å². The Morgan fingerprint density at radius 3 is 2.08 bits per heavy atom. The fourth-order valence-electron chi connectivity index (χ4n) is 2.44. The maximum absolute atomic E-state index is 13.6. The van der Waals surface area contributed by atoms with E-state index in [4.69, 9.17) is 0 Å². The van der Waals surface area contributed by atoms with Crippen molar-refractivity contribution in [3.63, 3.8) is 0 Å². The van der Waals surface area contributed by atoms with Crippen LogP contribution in [0.4, 0.5) is 26.0 Å². The van der Waals surface area contributed by atoms with Gasteiger partial charge in [-0.15, -0.1) is 0 Å². The summed E-state index contributed by atoms with van der Waals surface area (Å²) in [7, 11) is 0. The molecule has 0 aliphatic heterocycles. The number of benzene rings is 2. The van der Waals surface area contributed by atoms with Gasteiger partial charge in [0.2, 0.25) is 0 Å². The molecule has 7 heteroatoms. The Morgan fingerprint density at radius 2 is 1.50 bits per heavy atom. The number of nitrogens with zero attached hydrogens (tertiary/aromatic N) is 2. The molecule has 2 aromatic carbocycles. The topological polar surface area (TPSA) is 66.9 Å². The lowest BCUT2D eigenvalue weighted by Gasteiger charge is -2.11. The molecule has 3 aromatic rings. The van der Waals surface area contributed by atoms with Crippen LogP contribution in [0.2, 0.25) is 0 Å². The number of carbonyl (C=O) groups is 1. The number of hydrogen-bond acceptors (Lipinski definition) is 4. The summed E-state index contributed by atoms with van der Waals surface area (Å²) >= 11 is 0. The summed E-state index contributed by atoms with van der Waals surface area (Å²) in [6, 6.07) is 9.22. The van der Waals surface area contributed by atoms with Gasteiger partial charge in [-0.1, -0.05) is 24.3 Å². The molecule has 1 heterocycles. The molecule has 0 radical (unpaired) electrons. The minimum absolute atomic E-state index is 0.0900. The van der Waals surface area contributed by atoms with Gasteiger partial charge in [-0.05, 0) is 37.1 Å². The molecule has 0 bridgehead atoms. The monoisotopic (exact) mass is 354 g/mol. The second-order valence-corrected chi connectivity index (χ2v) is 5.73. The van der Waals surface area contributed by atoms with Gasteiger partial charge in [0.05, 0.1) is 12.4 Å². The zero-order chi connectivity index (χ0) is 18.7. The van der Waals surface area contributed by atoms with Crippen LogP contribution in [0.1, 0.15) is 21.6 Å². The number of hydrogen-bond donors (Lipinski definition) is 2. The van der Waals surface area contributed by atoms with Crippen LogP contribution < -0.4 is 10.6 Å². The largest absolute Gasteiger partial charge is 0.334 e. The zero-order valence-electron chi connectivity index (χ0n) is 14.2. The Bertz CT molecular complexity index is 918. The molecule has 1 amide bonds. The van der Waals surface area contributed by atoms with E-state index in [2.05, 4.69) is 20.6 Å².